The first-order valence-corrected chi connectivity index (χ1v) is 8.63. The van der Waals surface area contributed by atoms with Gasteiger partial charge >= 0.3 is 6.09 Å². The summed E-state index contributed by atoms with van der Waals surface area (Å²) < 4.78 is 5.27. The Labute approximate surface area is 139 Å². The predicted molar refractivity (Wildman–Crippen MR) is 93.0 cm³/mol. The van der Waals surface area contributed by atoms with Crippen molar-refractivity contribution in [3.05, 3.63) is 23.8 Å². The number of anilines is 1. The van der Waals surface area contributed by atoms with Crippen LogP contribution in [0.15, 0.2) is 18.2 Å². The summed E-state index contributed by atoms with van der Waals surface area (Å²) in [4.78, 5) is 11.9. The molecule has 0 aromatic heterocycles. The molecule has 0 aliphatic heterocycles. The average Bonchev–Trinajstić information content (AvgIpc) is 2.49. The molecular weight excluding hydrogens is 290 g/mol. The van der Waals surface area contributed by atoms with Crippen molar-refractivity contribution in [1.29, 1.82) is 0 Å². The number of carbonyl (C=O) groups excluding carboxylic acids is 1. The number of amides is 1. The van der Waals surface area contributed by atoms with Crippen molar-refractivity contribution in [3.8, 4) is 5.75 Å². The fourth-order valence-corrected chi connectivity index (χ4v) is 3.04. The molecule has 1 saturated carbocycles. The SMILES string of the molecule is CC(C)(C)c1ccc(O)c(NC(=O)OCCC2CCCCC2)c1. The van der Waals surface area contributed by atoms with E-state index in [-0.39, 0.29) is 11.2 Å². The van der Waals surface area contributed by atoms with Gasteiger partial charge < -0.3 is 9.84 Å². The number of aromatic hydroxyl groups is 1. The highest BCUT2D eigenvalue weighted by Gasteiger charge is 2.17. The first kappa shape index (κ1) is 17.6. The first-order valence-electron chi connectivity index (χ1n) is 8.63. The molecule has 0 atom stereocenters. The second-order valence-electron chi connectivity index (χ2n) is 7.54. The first-order chi connectivity index (χ1) is 10.9. The van der Waals surface area contributed by atoms with Crippen molar-refractivity contribution in [2.75, 3.05) is 11.9 Å². The molecule has 128 valence electrons. The summed E-state index contributed by atoms with van der Waals surface area (Å²) in [6, 6.07) is 5.28. The number of nitrogens with one attached hydrogen (secondary N) is 1. The molecular formula is C19H29NO3. The minimum Gasteiger partial charge on any atom is -0.506 e. The van der Waals surface area contributed by atoms with Gasteiger partial charge in [-0.3, -0.25) is 5.32 Å². The molecule has 0 heterocycles. The molecule has 4 heteroatoms. The predicted octanol–water partition coefficient (Wildman–Crippen LogP) is 5.21. The summed E-state index contributed by atoms with van der Waals surface area (Å²) in [6.45, 7) is 6.71. The zero-order chi connectivity index (χ0) is 16.9. The molecule has 1 aromatic rings. The monoisotopic (exact) mass is 319 g/mol. The minimum absolute atomic E-state index is 0.0466. The van der Waals surface area contributed by atoms with Crippen molar-refractivity contribution in [2.45, 2.75) is 64.7 Å². The Balaban J connectivity index is 1.84. The number of carbonyl (C=O) groups is 1. The molecule has 1 aromatic carbocycles. The molecule has 0 bridgehead atoms. The van der Waals surface area contributed by atoms with Crippen LogP contribution in [-0.2, 0) is 10.2 Å². The molecule has 1 fully saturated rings. The van der Waals surface area contributed by atoms with E-state index in [2.05, 4.69) is 26.1 Å². The molecule has 0 saturated heterocycles. The lowest BCUT2D eigenvalue weighted by molar-refractivity contribution is 0.148. The normalized spacial score (nSPS) is 16.1. The van der Waals surface area contributed by atoms with Gasteiger partial charge in [-0.25, -0.2) is 4.79 Å². The molecule has 4 nitrogen and oxygen atoms in total. The molecule has 23 heavy (non-hydrogen) atoms. The highest BCUT2D eigenvalue weighted by molar-refractivity contribution is 5.86. The molecule has 0 spiro atoms. The number of ether oxygens (including phenoxy) is 1. The van der Waals surface area contributed by atoms with E-state index >= 15 is 0 Å². The van der Waals surface area contributed by atoms with Crippen molar-refractivity contribution in [3.63, 3.8) is 0 Å². The Morgan fingerprint density at radius 2 is 1.96 bits per heavy atom. The second kappa shape index (κ2) is 7.71. The Morgan fingerprint density at radius 1 is 1.26 bits per heavy atom. The van der Waals surface area contributed by atoms with Gasteiger partial charge in [0.1, 0.15) is 5.75 Å². The van der Waals surface area contributed by atoms with Gasteiger partial charge in [-0.05, 0) is 35.4 Å². The molecule has 1 amide bonds. The third-order valence-electron chi connectivity index (χ3n) is 4.58. The van der Waals surface area contributed by atoms with Gasteiger partial charge in [0.05, 0.1) is 12.3 Å². The topological polar surface area (TPSA) is 58.6 Å². The largest absolute Gasteiger partial charge is 0.506 e. The number of hydrogen-bond donors (Lipinski definition) is 2. The number of benzene rings is 1. The van der Waals surface area contributed by atoms with E-state index in [4.69, 9.17) is 4.74 Å². The number of rotatable bonds is 4. The number of phenolic OH excluding ortho intramolecular Hbond substituents is 1. The minimum atomic E-state index is -0.498. The summed E-state index contributed by atoms with van der Waals surface area (Å²) in [5.74, 6) is 0.747. The van der Waals surface area contributed by atoms with Crippen molar-refractivity contribution in [2.24, 2.45) is 5.92 Å². The zero-order valence-electron chi connectivity index (χ0n) is 14.5. The van der Waals surface area contributed by atoms with Crippen LogP contribution in [0.1, 0.15) is 64.9 Å². The Bertz CT molecular complexity index is 528. The quantitative estimate of drug-likeness (QED) is 0.749. The van der Waals surface area contributed by atoms with Gasteiger partial charge in [0.2, 0.25) is 0 Å². The summed E-state index contributed by atoms with van der Waals surface area (Å²) in [5.41, 5.74) is 1.41. The summed E-state index contributed by atoms with van der Waals surface area (Å²) >= 11 is 0. The van der Waals surface area contributed by atoms with Gasteiger partial charge in [0.15, 0.2) is 0 Å². The molecule has 2 N–H and O–H groups in total. The molecule has 0 unspecified atom stereocenters. The molecule has 2 rings (SSSR count). The third kappa shape index (κ3) is 5.45. The van der Waals surface area contributed by atoms with Crippen LogP contribution >= 0.6 is 0 Å². The maximum Gasteiger partial charge on any atom is 0.411 e. The zero-order valence-corrected chi connectivity index (χ0v) is 14.5. The van der Waals surface area contributed by atoms with Crippen LogP contribution in [0.4, 0.5) is 10.5 Å². The van der Waals surface area contributed by atoms with Crippen LogP contribution in [-0.4, -0.2) is 17.8 Å². The molecule has 1 aliphatic rings. The fraction of sp³-hybridized carbons (Fsp3) is 0.632. The van der Waals surface area contributed by atoms with E-state index in [9.17, 15) is 9.90 Å². The lowest BCUT2D eigenvalue weighted by Gasteiger charge is -2.21. The molecule has 1 aliphatic carbocycles. The van der Waals surface area contributed by atoms with E-state index in [1.54, 1.807) is 12.1 Å². The molecule has 0 radical (unpaired) electrons. The Morgan fingerprint density at radius 3 is 2.61 bits per heavy atom. The van der Waals surface area contributed by atoms with Gasteiger partial charge in [0, 0.05) is 0 Å². The average molecular weight is 319 g/mol. The lowest BCUT2D eigenvalue weighted by atomic mass is 9.87. The maximum absolute atomic E-state index is 11.9. The van der Waals surface area contributed by atoms with E-state index in [1.807, 2.05) is 6.07 Å². The highest BCUT2D eigenvalue weighted by atomic mass is 16.5. The van der Waals surface area contributed by atoms with Crippen molar-refractivity contribution in [1.82, 2.24) is 0 Å². The van der Waals surface area contributed by atoms with Crippen LogP contribution in [0.2, 0.25) is 0 Å². The standard InChI is InChI=1S/C19H29NO3/c1-19(2,3)15-9-10-17(21)16(13-15)20-18(22)23-12-11-14-7-5-4-6-8-14/h9-10,13-14,21H,4-8,11-12H2,1-3H3,(H,20,22). The van der Waals surface area contributed by atoms with Crippen molar-refractivity contribution < 1.29 is 14.6 Å². The van der Waals surface area contributed by atoms with E-state index in [0.717, 1.165) is 12.0 Å². The van der Waals surface area contributed by atoms with Crippen LogP contribution in [0.5, 0.6) is 5.75 Å². The van der Waals surface area contributed by atoms with Gasteiger partial charge in [-0.15, -0.1) is 0 Å². The summed E-state index contributed by atoms with van der Waals surface area (Å²) in [7, 11) is 0. The van der Waals surface area contributed by atoms with E-state index in [1.165, 1.54) is 32.1 Å². The van der Waals surface area contributed by atoms with Crippen LogP contribution in [0.3, 0.4) is 0 Å². The van der Waals surface area contributed by atoms with Gasteiger partial charge in [-0.1, -0.05) is 58.9 Å². The van der Waals surface area contributed by atoms with Crippen LogP contribution < -0.4 is 5.32 Å². The van der Waals surface area contributed by atoms with Crippen LogP contribution in [0.25, 0.3) is 0 Å². The van der Waals surface area contributed by atoms with Gasteiger partial charge in [0.25, 0.3) is 0 Å². The smallest absolute Gasteiger partial charge is 0.411 e. The van der Waals surface area contributed by atoms with E-state index < -0.39 is 6.09 Å². The van der Waals surface area contributed by atoms with E-state index in [0.29, 0.717) is 18.2 Å². The van der Waals surface area contributed by atoms with Crippen molar-refractivity contribution >= 4 is 11.8 Å². The Kier molecular flexibility index (Phi) is 5.91. The maximum atomic E-state index is 11.9. The Hall–Kier alpha value is -1.71. The highest BCUT2D eigenvalue weighted by Crippen LogP contribution is 2.31. The van der Waals surface area contributed by atoms with Crippen LogP contribution in [0, 0.1) is 5.92 Å². The van der Waals surface area contributed by atoms with Gasteiger partial charge in [-0.2, -0.15) is 0 Å². The second-order valence-corrected chi connectivity index (χ2v) is 7.54. The number of phenols is 1. The third-order valence-corrected chi connectivity index (χ3v) is 4.58. The summed E-state index contributed by atoms with van der Waals surface area (Å²) in [5, 5.41) is 12.6. The lowest BCUT2D eigenvalue weighted by Crippen LogP contribution is -2.18. The fourth-order valence-electron chi connectivity index (χ4n) is 3.04. The number of hydrogen-bond acceptors (Lipinski definition) is 3. The summed E-state index contributed by atoms with van der Waals surface area (Å²) in [6.07, 6.45) is 6.86.